The number of carbonyl (C=O) groups is 1. The highest BCUT2D eigenvalue weighted by Crippen LogP contribution is 2.60. The van der Waals surface area contributed by atoms with Crippen LogP contribution in [0.4, 0.5) is 5.69 Å². The van der Waals surface area contributed by atoms with E-state index in [2.05, 4.69) is 48.6 Å². The third-order valence-electron chi connectivity index (χ3n) is 8.54. The molecule has 4 heteroatoms. The summed E-state index contributed by atoms with van der Waals surface area (Å²) in [6.45, 7) is 3.25. The molecule has 0 spiro atoms. The van der Waals surface area contributed by atoms with Gasteiger partial charge in [0.2, 0.25) is 5.91 Å². The van der Waals surface area contributed by atoms with Crippen LogP contribution < -0.4 is 15.1 Å². The van der Waals surface area contributed by atoms with Gasteiger partial charge in [0.05, 0.1) is 19.6 Å². The zero-order valence-electron chi connectivity index (χ0n) is 18.3. The van der Waals surface area contributed by atoms with E-state index in [4.69, 9.17) is 0 Å². The summed E-state index contributed by atoms with van der Waals surface area (Å²) in [6, 6.07) is 9.38. The quantitative estimate of drug-likeness (QED) is 0.776. The van der Waals surface area contributed by atoms with Crippen LogP contribution in [-0.2, 0) is 4.79 Å². The van der Waals surface area contributed by atoms with E-state index in [1.807, 2.05) is 0 Å². The largest absolute Gasteiger partial charge is 0.378 e. The van der Waals surface area contributed by atoms with Crippen LogP contribution >= 0.6 is 0 Å². The highest BCUT2D eigenvalue weighted by molar-refractivity contribution is 5.83. The van der Waals surface area contributed by atoms with Gasteiger partial charge in [-0.2, -0.15) is 0 Å². The van der Waals surface area contributed by atoms with Crippen LogP contribution in [-0.4, -0.2) is 39.6 Å². The van der Waals surface area contributed by atoms with Crippen LogP contribution in [0.25, 0.3) is 0 Å². The molecule has 4 saturated carbocycles. The van der Waals surface area contributed by atoms with Gasteiger partial charge >= 0.3 is 0 Å². The molecule has 1 aliphatic heterocycles. The molecule has 5 aliphatic rings. The molecule has 1 heterocycles. The van der Waals surface area contributed by atoms with Gasteiger partial charge in [-0.3, -0.25) is 4.79 Å². The van der Waals surface area contributed by atoms with E-state index in [0.29, 0.717) is 11.9 Å². The number of quaternary nitrogens is 1. The van der Waals surface area contributed by atoms with Crippen LogP contribution in [0.5, 0.6) is 0 Å². The number of nitrogens with one attached hydrogen (secondary N) is 2. The lowest BCUT2D eigenvalue weighted by atomic mass is 9.49. The Bertz CT molecular complexity index is 700. The fraction of sp³-hybridized carbons (Fsp3) is 0.720. The maximum absolute atomic E-state index is 13.5. The number of amides is 1. The van der Waals surface area contributed by atoms with Crippen molar-refractivity contribution in [3.05, 3.63) is 29.8 Å². The maximum Gasteiger partial charge on any atom is 0.226 e. The lowest BCUT2D eigenvalue weighted by Gasteiger charge is -2.55. The Hall–Kier alpha value is -1.55. The normalized spacial score (nSPS) is 34.3. The van der Waals surface area contributed by atoms with Crippen molar-refractivity contribution in [2.24, 2.45) is 23.2 Å². The molecule has 29 heavy (non-hydrogen) atoms. The van der Waals surface area contributed by atoms with Crippen molar-refractivity contribution in [3.63, 3.8) is 0 Å². The van der Waals surface area contributed by atoms with E-state index in [9.17, 15) is 4.79 Å². The summed E-state index contributed by atoms with van der Waals surface area (Å²) in [7, 11) is 4.17. The second kappa shape index (κ2) is 7.61. The molecule has 158 valence electrons. The minimum atomic E-state index is -0.0333. The third-order valence-corrected chi connectivity index (χ3v) is 8.54. The lowest BCUT2D eigenvalue weighted by Crippen LogP contribution is -3.11. The van der Waals surface area contributed by atoms with Crippen molar-refractivity contribution in [3.8, 4) is 0 Å². The molecular weight excluding hydrogens is 358 g/mol. The molecule has 1 aromatic rings. The summed E-state index contributed by atoms with van der Waals surface area (Å²) < 4.78 is 0. The summed E-state index contributed by atoms with van der Waals surface area (Å²) in [6.07, 6.45) is 10.3. The Morgan fingerprint density at radius 3 is 2.10 bits per heavy atom. The van der Waals surface area contributed by atoms with Crippen LogP contribution in [0.3, 0.4) is 0 Å². The lowest BCUT2D eigenvalue weighted by molar-refractivity contribution is -0.918. The van der Waals surface area contributed by atoms with Crippen molar-refractivity contribution in [1.29, 1.82) is 0 Å². The van der Waals surface area contributed by atoms with E-state index in [1.165, 1.54) is 56.4 Å². The van der Waals surface area contributed by atoms with Gasteiger partial charge in [0, 0.05) is 43.6 Å². The number of nitrogens with zero attached hydrogens (tertiary/aromatic N) is 1. The Kier molecular flexibility index (Phi) is 5.09. The van der Waals surface area contributed by atoms with Crippen molar-refractivity contribution in [2.45, 2.75) is 57.4 Å². The first-order valence-electron chi connectivity index (χ1n) is 11.9. The zero-order chi connectivity index (χ0) is 20.0. The number of benzene rings is 1. The topological polar surface area (TPSA) is 36.8 Å². The first kappa shape index (κ1) is 19.4. The van der Waals surface area contributed by atoms with E-state index < -0.39 is 0 Å². The Morgan fingerprint density at radius 1 is 1.03 bits per heavy atom. The number of anilines is 1. The summed E-state index contributed by atoms with van der Waals surface area (Å²) >= 11 is 0. The van der Waals surface area contributed by atoms with Gasteiger partial charge in [-0.05, 0) is 68.4 Å². The van der Waals surface area contributed by atoms with Crippen molar-refractivity contribution in [2.75, 3.05) is 38.6 Å². The molecule has 1 atom stereocenters. The second-order valence-corrected chi connectivity index (χ2v) is 10.8. The van der Waals surface area contributed by atoms with Gasteiger partial charge < -0.3 is 15.1 Å². The predicted octanol–water partition coefficient (Wildman–Crippen LogP) is 2.81. The summed E-state index contributed by atoms with van der Waals surface area (Å²) in [5.74, 6) is 2.85. The van der Waals surface area contributed by atoms with Gasteiger partial charge in [0.25, 0.3) is 0 Å². The summed E-state index contributed by atoms with van der Waals surface area (Å²) in [5, 5.41) is 3.48. The van der Waals surface area contributed by atoms with E-state index in [-0.39, 0.29) is 5.41 Å². The fourth-order valence-corrected chi connectivity index (χ4v) is 7.45. The van der Waals surface area contributed by atoms with Gasteiger partial charge in [-0.15, -0.1) is 0 Å². The first-order valence-corrected chi connectivity index (χ1v) is 11.9. The molecule has 4 aliphatic carbocycles. The van der Waals surface area contributed by atoms with Crippen molar-refractivity contribution >= 4 is 11.6 Å². The Labute approximate surface area is 176 Å². The van der Waals surface area contributed by atoms with E-state index in [1.54, 1.807) is 4.90 Å². The average molecular weight is 397 g/mol. The molecule has 1 saturated heterocycles. The van der Waals surface area contributed by atoms with Gasteiger partial charge in [0.1, 0.15) is 6.04 Å². The average Bonchev–Trinajstić information content (AvgIpc) is 3.22. The molecule has 0 aromatic heterocycles. The molecule has 5 fully saturated rings. The monoisotopic (exact) mass is 396 g/mol. The summed E-state index contributed by atoms with van der Waals surface area (Å²) in [4.78, 5) is 17.3. The minimum absolute atomic E-state index is 0.0333. The molecule has 4 bridgehead atoms. The Balaban J connectivity index is 1.30. The highest BCUT2D eigenvalue weighted by Gasteiger charge is 2.54. The Morgan fingerprint density at radius 2 is 1.59 bits per heavy atom. The zero-order valence-corrected chi connectivity index (χ0v) is 18.3. The number of hydrogen-bond donors (Lipinski definition) is 2. The van der Waals surface area contributed by atoms with Crippen LogP contribution in [0.2, 0.25) is 0 Å². The number of hydrogen-bond acceptors (Lipinski definition) is 2. The fourth-order valence-electron chi connectivity index (χ4n) is 7.45. The van der Waals surface area contributed by atoms with E-state index in [0.717, 1.165) is 43.6 Å². The molecule has 1 amide bonds. The molecule has 6 rings (SSSR count). The molecular formula is C25H38N3O+. The molecule has 2 N–H and O–H groups in total. The number of rotatable bonds is 6. The smallest absolute Gasteiger partial charge is 0.226 e. The van der Waals surface area contributed by atoms with Crippen LogP contribution in [0, 0.1) is 23.2 Å². The molecule has 4 nitrogen and oxygen atoms in total. The van der Waals surface area contributed by atoms with Gasteiger partial charge in [-0.25, -0.2) is 0 Å². The van der Waals surface area contributed by atoms with Gasteiger partial charge in [0.15, 0.2) is 0 Å². The summed E-state index contributed by atoms with van der Waals surface area (Å²) in [5.41, 5.74) is 2.58. The first-order chi connectivity index (χ1) is 14.0. The van der Waals surface area contributed by atoms with Crippen LogP contribution in [0.15, 0.2) is 24.3 Å². The number of carbonyl (C=O) groups excluding carboxylic acids is 1. The minimum Gasteiger partial charge on any atom is -0.378 e. The second-order valence-electron chi connectivity index (χ2n) is 10.8. The van der Waals surface area contributed by atoms with Crippen LogP contribution in [0.1, 0.15) is 63.0 Å². The van der Waals surface area contributed by atoms with Crippen molar-refractivity contribution in [1.82, 2.24) is 5.32 Å². The highest BCUT2D eigenvalue weighted by atomic mass is 16.2. The maximum atomic E-state index is 13.5. The van der Waals surface area contributed by atoms with Gasteiger partial charge in [-0.1, -0.05) is 12.1 Å². The predicted molar refractivity (Wildman–Crippen MR) is 117 cm³/mol. The molecule has 0 unspecified atom stereocenters. The third kappa shape index (κ3) is 3.69. The van der Waals surface area contributed by atoms with Crippen molar-refractivity contribution < 1.29 is 9.69 Å². The standard InChI is InChI=1S/C25H37N3O/c1-27(2)22-7-5-21(6-8-22)23(28-9-3-4-10-28)17-26-24(29)25-14-18-11-19(15-25)13-20(12-18)16-25/h5-8,18-20,23H,3-4,9-17H2,1-2H3,(H,26,29)/p+1/t18?,19?,20?,23-,25?/m1/s1. The van der Waals surface area contributed by atoms with E-state index >= 15 is 0 Å². The molecule has 1 aromatic carbocycles. The SMILES string of the molecule is CN(C)c1ccc([C@@H](CNC(=O)C23CC4CC(CC(C4)C2)C3)[NH+]2CCCC2)cc1. The number of likely N-dealkylation sites (tertiary alicyclic amines) is 1. The molecule has 0 radical (unpaired) electrons.